The van der Waals surface area contributed by atoms with Crippen molar-refractivity contribution in [2.24, 2.45) is 0 Å². The summed E-state index contributed by atoms with van der Waals surface area (Å²) in [6, 6.07) is 15.1. The Kier molecular flexibility index (Phi) is 6.20. The van der Waals surface area contributed by atoms with E-state index in [1.807, 2.05) is 30.3 Å². The first-order valence-electron chi connectivity index (χ1n) is 10.3. The minimum absolute atomic E-state index is 0.150. The van der Waals surface area contributed by atoms with Crippen molar-refractivity contribution in [1.82, 2.24) is 14.1 Å². The monoisotopic (exact) mass is 453 g/mol. The Morgan fingerprint density at radius 2 is 1.66 bits per heavy atom. The van der Waals surface area contributed by atoms with Crippen LogP contribution in [-0.2, 0) is 14.8 Å². The van der Waals surface area contributed by atoms with Gasteiger partial charge in [0, 0.05) is 18.7 Å². The van der Waals surface area contributed by atoms with Crippen molar-refractivity contribution in [3.63, 3.8) is 0 Å². The summed E-state index contributed by atoms with van der Waals surface area (Å²) in [5.74, 6) is -1.07. The van der Waals surface area contributed by atoms with Crippen LogP contribution in [0.25, 0.3) is 5.69 Å². The van der Waals surface area contributed by atoms with Crippen LogP contribution in [0.3, 0.4) is 0 Å². The quantitative estimate of drug-likeness (QED) is 0.403. The Labute approximate surface area is 186 Å². The fourth-order valence-corrected chi connectivity index (χ4v) is 5.14. The summed E-state index contributed by atoms with van der Waals surface area (Å²) < 4.78 is 33.4. The first kappa shape index (κ1) is 21.9. The average molecular weight is 454 g/mol. The normalized spacial score (nSPS) is 14.4. The van der Waals surface area contributed by atoms with Gasteiger partial charge in [0.05, 0.1) is 22.5 Å². The molecule has 0 radical (unpaired) electrons. The molecule has 1 aliphatic rings. The number of Topliss-reactive ketones (excluding diaryl/α,β-unsaturated/α-hetero) is 1. The Hall–Kier alpha value is -3.30. The predicted octanol–water partition coefficient (Wildman–Crippen LogP) is 3.00. The van der Waals surface area contributed by atoms with E-state index in [0.717, 1.165) is 18.5 Å². The number of carbonyl (C=O) groups is 2. The summed E-state index contributed by atoms with van der Waals surface area (Å²) in [6.45, 7) is 2.32. The standard InChI is InChI=1S/C23H23N3O5S/c1-17-21(15-24-26(17)19-7-3-2-4-8-19)23(28)31-16-22(27)18-9-11-20(12-10-18)32(29,30)25-13-5-6-14-25/h2-4,7-12,15H,5-6,13-14,16H2,1H3. The van der Waals surface area contributed by atoms with Crippen LogP contribution in [-0.4, -0.2) is 54.0 Å². The molecule has 9 heteroatoms. The summed E-state index contributed by atoms with van der Waals surface area (Å²) in [7, 11) is -3.54. The van der Waals surface area contributed by atoms with Crippen molar-refractivity contribution >= 4 is 21.8 Å². The number of aromatic nitrogens is 2. The van der Waals surface area contributed by atoms with Crippen molar-refractivity contribution in [2.45, 2.75) is 24.7 Å². The van der Waals surface area contributed by atoms with E-state index in [0.29, 0.717) is 18.8 Å². The van der Waals surface area contributed by atoms with Crippen LogP contribution in [0, 0.1) is 6.92 Å². The highest BCUT2D eigenvalue weighted by atomic mass is 32.2. The molecule has 0 aliphatic carbocycles. The number of nitrogens with zero attached hydrogens (tertiary/aromatic N) is 3. The largest absolute Gasteiger partial charge is 0.454 e. The molecule has 1 saturated heterocycles. The van der Waals surface area contributed by atoms with E-state index >= 15 is 0 Å². The molecule has 4 rings (SSSR count). The number of ketones is 1. The Balaban J connectivity index is 1.40. The maximum absolute atomic E-state index is 12.6. The number of hydrogen-bond donors (Lipinski definition) is 0. The SMILES string of the molecule is Cc1c(C(=O)OCC(=O)c2ccc(S(=O)(=O)N3CCCC3)cc2)cnn1-c1ccccc1. The molecular weight excluding hydrogens is 430 g/mol. The van der Waals surface area contributed by atoms with E-state index in [1.165, 1.54) is 34.8 Å². The maximum Gasteiger partial charge on any atom is 0.342 e. The lowest BCUT2D eigenvalue weighted by atomic mass is 10.1. The van der Waals surface area contributed by atoms with Gasteiger partial charge >= 0.3 is 5.97 Å². The first-order valence-corrected chi connectivity index (χ1v) is 11.7. The minimum Gasteiger partial charge on any atom is -0.454 e. The van der Waals surface area contributed by atoms with Crippen molar-refractivity contribution < 1.29 is 22.7 Å². The van der Waals surface area contributed by atoms with Gasteiger partial charge in [-0.25, -0.2) is 17.9 Å². The molecule has 0 atom stereocenters. The van der Waals surface area contributed by atoms with Crippen LogP contribution in [0.2, 0.25) is 0 Å². The minimum atomic E-state index is -3.54. The van der Waals surface area contributed by atoms with Gasteiger partial charge < -0.3 is 4.74 Å². The van der Waals surface area contributed by atoms with E-state index < -0.39 is 28.4 Å². The van der Waals surface area contributed by atoms with E-state index in [9.17, 15) is 18.0 Å². The molecule has 1 aliphatic heterocycles. The lowest BCUT2D eigenvalue weighted by Gasteiger charge is -2.15. The molecule has 0 saturated carbocycles. The van der Waals surface area contributed by atoms with Gasteiger partial charge in [-0.2, -0.15) is 9.40 Å². The Morgan fingerprint density at radius 3 is 2.31 bits per heavy atom. The van der Waals surface area contributed by atoms with Gasteiger partial charge in [0.25, 0.3) is 0 Å². The second kappa shape index (κ2) is 9.05. The zero-order valence-electron chi connectivity index (χ0n) is 17.6. The molecule has 1 aromatic heterocycles. The maximum atomic E-state index is 12.6. The number of ether oxygens (including phenoxy) is 1. The smallest absolute Gasteiger partial charge is 0.342 e. The Morgan fingerprint density at radius 1 is 1.00 bits per heavy atom. The molecule has 32 heavy (non-hydrogen) atoms. The number of para-hydroxylation sites is 1. The molecule has 0 spiro atoms. The second-order valence-electron chi connectivity index (χ2n) is 7.53. The number of sulfonamides is 1. The van der Waals surface area contributed by atoms with Crippen LogP contribution in [0.4, 0.5) is 0 Å². The summed E-state index contributed by atoms with van der Waals surface area (Å²) in [6.07, 6.45) is 3.11. The number of benzene rings is 2. The molecule has 2 heterocycles. The molecule has 2 aromatic carbocycles. The Bertz CT molecular complexity index is 1230. The third-order valence-corrected chi connectivity index (χ3v) is 7.36. The number of rotatable bonds is 7. The fraction of sp³-hybridized carbons (Fsp3) is 0.261. The molecule has 3 aromatic rings. The van der Waals surface area contributed by atoms with E-state index in [4.69, 9.17) is 4.74 Å². The third-order valence-electron chi connectivity index (χ3n) is 5.44. The van der Waals surface area contributed by atoms with E-state index in [1.54, 1.807) is 11.6 Å². The van der Waals surface area contributed by atoms with Crippen LogP contribution >= 0.6 is 0 Å². The average Bonchev–Trinajstić information content (AvgIpc) is 3.48. The van der Waals surface area contributed by atoms with Crippen LogP contribution in [0.15, 0.2) is 65.7 Å². The molecular formula is C23H23N3O5S. The summed E-state index contributed by atoms with van der Waals surface area (Å²) in [5, 5.41) is 4.23. The topological polar surface area (TPSA) is 98.6 Å². The summed E-state index contributed by atoms with van der Waals surface area (Å²) in [4.78, 5) is 25.1. The highest BCUT2D eigenvalue weighted by Gasteiger charge is 2.27. The van der Waals surface area contributed by atoms with Gasteiger partial charge in [-0.1, -0.05) is 18.2 Å². The zero-order chi connectivity index (χ0) is 22.7. The molecule has 0 unspecified atom stereocenters. The van der Waals surface area contributed by atoms with Crippen molar-refractivity contribution in [3.8, 4) is 5.69 Å². The predicted molar refractivity (Wildman–Crippen MR) is 117 cm³/mol. The van der Waals surface area contributed by atoms with Gasteiger partial charge in [-0.15, -0.1) is 0 Å². The second-order valence-corrected chi connectivity index (χ2v) is 9.46. The molecule has 1 fully saturated rings. The summed E-state index contributed by atoms with van der Waals surface area (Å²) in [5.41, 5.74) is 1.96. The van der Waals surface area contributed by atoms with Gasteiger partial charge in [0.2, 0.25) is 10.0 Å². The van der Waals surface area contributed by atoms with Crippen molar-refractivity contribution in [2.75, 3.05) is 19.7 Å². The van der Waals surface area contributed by atoms with Crippen molar-refractivity contribution in [1.29, 1.82) is 0 Å². The number of carbonyl (C=O) groups excluding carboxylic acids is 2. The van der Waals surface area contributed by atoms with Crippen LogP contribution < -0.4 is 0 Å². The van der Waals surface area contributed by atoms with Gasteiger partial charge in [0.1, 0.15) is 5.56 Å². The zero-order valence-corrected chi connectivity index (χ0v) is 18.4. The van der Waals surface area contributed by atoms with E-state index in [2.05, 4.69) is 5.10 Å². The van der Waals surface area contributed by atoms with Gasteiger partial charge in [-0.3, -0.25) is 4.79 Å². The lowest BCUT2D eigenvalue weighted by Crippen LogP contribution is -2.27. The van der Waals surface area contributed by atoms with Crippen molar-refractivity contribution in [3.05, 3.63) is 77.6 Å². The third kappa shape index (κ3) is 4.35. The molecule has 8 nitrogen and oxygen atoms in total. The highest BCUT2D eigenvalue weighted by Crippen LogP contribution is 2.21. The van der Waals surface area contributed by atoms with Crippen LogP contribution in [0.1, 0.15) is 39.3 Å². The lowest BCUT2D eigenvalue weighted by molar-refractivity contribution is 0.0474. The number of esters is 1. The summed E-state index contributed by atoms with van der Waals surface area (Å²) >= 11 is 0. The van der Waals surface area contributed by atoms with Gasteiger partial charge in [0.15, 0.2) is 12.4 Å². The molecule has 166 valence electrons. The first-order chi connectivity index (χ1) is 15.4. The molecule has 0 N–H and O–H groups in total. The molecule has 0 amide bonds. The highest BCUT2D eigenvalue weighted by molar-refractivity contribution is 7.89. The van der Waals surface area contributed by atoms with Gasteiger partial charge in [-0.05, 0) is 56.2 Å². The molecule has 0 bridgehead atoms. The van der Waals surface area contributed by atoms with Crippen LogP contribution in [0.5, 0.6) is 0 Å². The fourth-order valence-electron chi connectivity index (χ4n) is 3.62. The van der Waals surface area contributed by atoms with E-state index in [-0.39, 0.29) is 16.0 Å². The number of hydrogen-bond acceptors (Lipinski definition) is 6.